The highest BCUT2D eigenvalue weighted by atomic mass is 35.5. The smallest absolute Gasteiger partial charge is 0.255 e. The van der Waals surface area contributed by atoms with E-state index >= 15 is 0 Å². The average molecular weight is 465 g/mol. The third-order valence-corrected chi connectivity index (χ3v) is 6.37. The fraction of sp³-hybridized carbons (Fsp3) is 0.435. The maximum Gasteiger partial charge on any atom is 0.255 e. The van der Waals surface area contributed by atoms with E-state index in [-0.39, 0.29) is 48.7 Å². The number of halogens is 2. The number of rotatable bonds is 4. The van der Waals surface area contributed by atoms with E-state index in [9.17, 15) is 9.59 Å². The van der Waals surface area contributed by atoms with Gasteiger partial charge < -0.3 is 16.4 Å². The molecule has 2 fully saturated rings. The summed E-state index contributed by atoms with van der Waals surface area (Å²) in [4.78, 5) is 29.8. The lowest BCUT2D eigenvalue weighted by atomic mass is 9.67. The lowest BCUT2D eigenvalue weighted by Gasteiger charge is -2.45. The fourth-order valence-corrected chi connectivity index (χ4v) is 4.97. The summed E-state index contributed by atoms with van der Waals surface area (Å²) in [5, 5.41) is 6.21. The molecule has 1 aromatic heterocycles. The first-order chi connectivity index (χ1) is 14.0. The molecular weight excluding hydrogens is 435 g/mol. The molecule has 2 bridgehead atoms. The van der Waals surface area contributed by atoms with Crippen LogP contribution in [-0.4, -0.2) is 28.9 Å². The topological polar surface area (TPSA) is 97.1 Å². The molecule has 2 aliphatic carbocycles. The molecule has 4 rings (SSSR count). The Morgan fingerprint density at radius 3 is 2.29 bits per heavy atom. The molecule has 0 aliphatic heterocycles. The van der Waals surface area contributed by atoms with Gasteiger partial charge in [0, 0.05) is 30.0 Å². The average Bonchev–Trinajstić information content (AvgIpc) is 2.70. The van der Waals surface area contributed by atoms with Crippen molar-refractivity contribution in [2.24, 2.45) is 17.6 Å². The second-order valence-corrected chi connectivity index (χ2v) is 8.37. The van der Waals surface area contributed by atoms with Crippen LogP contribution in [-0.2, 0) is 0 Å². The molecule has 0 spiro atoms. The highest BCUT2D eigenvalue weighted by molar-refractivity contribution is 6.09. The van der Waals surface area contributed by atoms with Crippen molar-refractivity contribution < 1.29 is 9.59 Å². The first-order valence-corrected chi connectivity index (χ1v) is 10.4. The monoisotopic (exact) mass is 464 g/mol. The van der Waals surface area contributed by atoms with Gasteiger partial charge in [0.2, 0.25) is 0 Å². The summed E-state index contributed by atoms with van der Waals surface area (Å²) in [6, 6.07) is 9.24. The third kappa shape index (κ3) is 5.56. The zero-order chi connectivity index (χ0) is 20.4. The van der Waals surface area contributed by atoms with Gasteiger partial charge in [-0.2, -0.15) is 0 Å². The number of nitrogens with zero attached hydrogens (tertiary/aromatic N) is 1. The van der Waals surface area contributed by atoms with Crippen LogP contribution in [0.1, 0.15) is 58.4 Å². The quantitative estimate of drug-likeness (QED) is 0.633. The normalized spacial score (nSPS) is 24.2. The van der Waals surface area contributed by atoms with Crippen LogP contribution in [0.2, 0.25) is 0 Å². The number of para-hydroxylation sites is 1. The van der Waals surface area contributed by atoms with Crippen molar-refractivity contribution in [2.75, 3.05) is 5.32 Å². The van der Waals surface area contributed by atoms with Crippen LogP contribution in [0.15, 0.2) is 42.7 Å². The van der Waals surface area contributed by atoms with E-state index in [1.807, 2.05) is 19.1 Å². The highest BCUT2D eigenvalue weighted by Gasteiger charge is 2.40. The molecule has 31 heavy (non-hydrogen) atoms. The van der Waals surface area contributed by atoms with Gasteiger partial charge in [-0.15, -0.1) is 24.8 Å². The number of carbonyl (C=O) groups is 2. The molecule has 0 saturated heterocycles. The Morgan fingerprint density at radius 1 is 1.00 bits per heavy atom. The third-order valence-electron chi connectivity index (χ3n) is 6.37. The Bertz CT molecular complexity index is 896. The number of aromatic nitrogens is 1. The summed E-state index contributed by atoms with van der Waals surface area (Å²) in [5.41, 5.74) is 8.64. The Labute approximate surface area is 195 Å². The van der Waals surface area contributed by atoms with Crippen LogP contribution in [0.25, 0.3) is 0 Å². The summed E-state index contributed by atoms with van der Waals surface area (Å²) in [6.45, 7) is 1.90. The van der Waals surface area contributed by atoms with Gasteiger partial charge in [0.15, 0.2) is 0 Å². The SMILES string of the molecule is Cc1cccc(C(=O)NC2C3CCCC2CC(N)C3)c1NC(=O)c1ccncc1.Cl.Cl. The number of carbonyl (C=O) groups excluding carboxylic acids is 2. The second-order valence-electron chi connectivity index (χ2n) is 8.37. The number of nitrogens with one attached hydrogen (secondary N) is 2. The van der Waals surface area contributed by atoms with Gasteiger partial charge >= 0.3 is 0 Å². The molecule has 2 aliphatic rings. The summed E-state index contributed by atoms with van der Waals surface area (Å²) in [6.07, 6.45) is 8.55. The lowest BCUT2D eigenvalue weighted by Crippen LogP contribution is -2.53. The Hall–Kier alpha value is -2.15. The second kappa shape index (κ2) is 10.9. The number of pyridine rings is 1. The molecule has 1 aromatic carbocycles. The fourth-order valence-electron chi connectivity index (χ4n) is 4.97. The molecular formula is C23H30Cl2N4O2. The van der Waals surface area contributed by atoms with E-state index in [0.29, 0.717) is 28.7 Å². The van der Waals surface area contributed by atoms with Crippen molar-refractivity contribution in [3.63, 3.8) is 0 Å². The Morgan fingerprint density at radius 2 is 1.65 bits per heavy atom. The van der Waals surface area contributed by atoms with Crippen LogP contribution < -0.4 is 16.4 Å². The van der Waals surface area contributed by atoms with Crippen molar-refractivity contribution in [1.82, 2.24) is 10.3 Å². The highest BCUT2D eigenvalue weighted by Crippen LogP contribution is 2.40. The van der Waals surface area contributed by atoms with E-state index in [2.05, 4.69) is 15.6 Å². The number of amides is 2. The molecule has 6 nitrogen and oxygen atoms in total. The Balaban J connectivity index is 0.00000171. The molecule has 2 unspecified atom stereocenters. The van der Waals surface area contributed by atoms with E-state index in [1.165, 1.54) is 6.42 Å². The van der Waals surface area contributed by atoms with Crippen molar-refractivity contribution >= 4 is 42.3 Å². The maximum absolute atomic E-state index is 13.2. The van der Waals surface area contributed by atoms with Gasteiger partial charge in [0.1, 0.15) is 0 Å². The van der Waals surface area contributed by atoms with Crippen LogP contribution in [0.5, 0.6) is 0 Å². The first-order valence-electron chi connectivity index (χ1n) is 10.4. The standard InChI is InChI=1S/C23H28N4O2.2ClH/c1-14-4-2-7-19(20(14)26-22(28)15-8-10-25-11-9-15)23(29)27-21-16-5-3-6-17(21)13-18(24)12-16;;/h2,4,7-11,16-18,21H,3,5-6,12-13,24H2,1H3,(H,26,28)(H,27,29);2*1H. The van der Waals surface area contributed by atoms with Gasteiger partial charge in [0.25, 0.3) is 11.8 Å². The lowest BCUT2D eigenvalue weighted by molar-refractivity contribution is 0.0756. The molecule has 2 atom stereocenters. The minimum atomic E-state index is -0.253. The van der Waals surface area contributed by atoms with Gasteiger partial charge in [-0.3, -0.25) is 14.6 Å². The molecule has 2 aromatic rings. The molecule has 4 N–H and O–H groups in total. The first kappa shape index (κ1) is 25.1. The number of aryl methyl sites for hydroxylation is 1. The van der Waals surface area contributed by atoms with E-state index in [4.69, 9.17) is 5.73 Å². The van der Waals surface area contributed by atoms with E-state index in [0.717, 1.165) is 31.2 Å². The van der Waals surface area contributed by atoms with Crippen LogP contribution in [0, 0.1) is 18.8 Å². The molecule has 1 heterocycles. The molecule has 2 saturated carbocycles. The van der Waals surface area contributed by atoms with Gasteiger partial charge in [0.05, 0.1) is 11.3 Å². The summed E-state index contributed by atoms with van der Waals surface area (Å²) < 4.78 is 0. The number of anilines is 1. The van der Waals surface area contributed by atoms with Crippen molar-refractivity contribution in [2.45, 2.75) is 51.1 Å². The minimum absolute atomic E-state index is 0. The number of nitrogens with two attached hydrogens (primary N) is 1. The van der Waals surface area contributed by atoms with Crippen molar-refractivity contribution in [3.8, 4) is 0 Å². The number of hydrogen-bond donors (Lipinski definition) is 3. The zero-order valence-corrected chi connectivity index (χ0v) is 19.2. The van der Waals surface area contributed by atoms with Crippen molar-refractivity contribution in [1.29, 1.82) is 0 Å². The number of hydrogen-bond acceptors (Lipinski definition) is 4. The number of fused-ring (bicyclic) bond motifs is 2. The Kier molecular flexibility index (Phi) is 8.86. The van der Waals surface area contributed by atoms with Crippen LogP contribution >= 0.6 is 24.8 Å². The van der Waals surface area contributed by atoms with Crippen LogP contribution in [0.4, 0.5) is 5.69 Å². The van der Waals surface area contributed by atoms with Gasteiger partial charge in [-0.25, -0.2) is 0 Å². The molecule has 8 heteroatoms. The summed E-state index contributed by atoms with van der Waals surface area (Å²) >= 11 is 0. The molecule has 168 valence electrons. The summed E-state index contributed by atoms with van der Waals surface area (Å²) in [5.74, 6) is 0.509. The van der Waals surface area contributed by atoms with E-state index in [1.54, 1.807) is 30.6 Å². The largest absolute Gasteiger partial charge is 0.349 e. The predicted molar refractivity (Wildman–Crippen MR) is 127 cm³/mol. The summed E-state index contributed by atoms with van der Waals surface area (Å²) in [7, 11) is 0. The maximum atomic E-state index is 13.2. The predicted octanol–water partition coefficient (Wildman–Crippen LogP) is 4.12. The van der Waals surface area contributed by atoms with Gasteiger partial charge in [-0.1, -0.05) is 18.6 Å². The molecule has 0 radical (unpaired) electrons. The van der Waals surface area contributed by atoms with Crippen molar-refractivity contribution in [3.05, 3.63) is 59.4 Å². The van der Waals surface area contributed by atoms with E-state index < -0.39 is 0 Å². The van der Waals surface area contributed by atoms with Crippen LogP contribution in [0.3, 0.4) is 0 Å². The van der Waals surface area contributed by atoms with Gasteiger partial charge in [-0.05, 0) is 68.2 Å². The zero-order valence-electron chi connectivity index (χ0n) is 17.5. The number of benzene rings is 1. The molecule has 2 amide bonds. The minimum Gasteiger partial charge on any atom is -0.349 e.